The van der Waals surface area contributed by atoms with Crippen molar-refractivity contribution >= 4 is 22.9 Å². The first-order valence-corrected chi connectivity index (χ1v) is 12.1. The summed E-state index contributed by atoms with van der Waals surface area (Å²) in [5, 5.41) is 3.78. The van der Waals surface area contributed by atoms with Gasteiger partial charge in [0, 0.05) is 42.4 Å². The molecule has 0 saturated carbocycles. The molecule has 0 fully saturated rings. The van der Waals surface area contributed by atoms with Crippen LogP contribution in [0.2, 0.25) is 0 Å². The van der Waals surface area contributed by atoms with E-state index in [1.165, 1.54) is 29.6 Å². The molecule has 38 heavy (non-hydrogen) atoms. The molecule has 0 amide bonds. The third-order valence-electron chi connectivity index (χ3n) is 6.58. The van der Waals surface area contributed by atoms with Crippen LogP contribution in [0.4, 0.5) is 17.1 Å². The van der Waals surface area contributed by atoms with E-state index >= 15 is 0 Å². The third kappa shape index (κ3) is 5.78. The van der Waals surface area contributed by atoms with E-state index in [0.29, 0.717) is 11.5 Å². The van der Waals surface area contributed by atoms with E-state index in [9.17, 15) is 0 Å². The van der Waals surface area contributed by atoms with Crippen LogP contribution < -0.4 is 15.5 Å². The Morgan fingerprint density at radius 1 is 0.974 bits per heavy atom. The zero-order valence-corrected chi connectivity index (χ0v) is 20.7. The van der Waals surface area contributed by atoms with Crippen molar-refractivity contribution in [2.75, 3.05) is 30.0 Å². The maximum absolute atomic E-state index is 7.06. The molecule has 0 spiro atoms. The van der Waals surface area contributed by atoms with Crippen LogP contribution in [0.25, 0.3) is 4.85 Å². The van der Waals surface area contributed by atoms with Crippen LogP contribution in [0.1, 0.15) is 35.5 Å². The van der Waals surface area contributed by atoms with Crippen molar-refractivity contribution < 1.29 is 4.84 Å². The number of hydrogen-bond donors (Lipinski definition) is 3. The van der Waals surface area contributed by atoms with E-state index in [0.717, 1.165) is 56.0 Å². The average Bonchev–Trinajstić information content (AvgIpc) is 3.74. The van der Waals surface area contributed by atoms with Crippen LogP contribution in [0.15, 0.2) is 66.6 Å². The highest BCUT2D eigenvalue weighted by atomic mass is 16.6. The Hall–Kier alpha value is -4.78. The molecule has 0 saturated heterocycles. The van der Waals surface area contributed by atoms with Crippen molar-refractivity contribution in [3.8, 4) is 0 Å². The molecule has 10 heteroatoms. The fourth-order valence-electron chi connectivity index (χ4n) is 4.74. The van der Waals surface area contributed by atoms with Crippen LogP contribution in [0.3, 0.4) is 0 Å². The van der Waals surface area contributed by atoms with Gasteiger partial charge in [-0.3, -0.25) is 0 Å². The number of rotatable bonds is 6. The molecule has 4 aromatic rings. The SMILES string of the molecule is C.CO/N=C(/N)c1ccc2c(c1)N(Cc1cnc[nH]1)CC2.[C-]#[N+]c1ccc2c(c1)N(Cc1cnc[nH]1)CC2. The molecule has 2 aliphatic heterocycles. The highest BCUT2D eigenvalue weighted by Gasteiger charge is 2.21. The molecule has 0 atom stereocenters. The van der Waals surface area contributed by atoms with Crippen molar-refractivity contribution in [3.63, 3.8) is 0 Å². The molecular formula is C28H33N9O. The topological polar surface area (TPSA) is 116 Å². The summed E-state index contributed by atoms with van der Waals surface area (Å²) in [5.74, 6) is 0.392. The van der Waals surface area contributed by atoms with Gasteiger partial charge in [0.05, 0.1) is 43.7 Å². The lowest BCUT2D eigenvalue weighted by Gasteiger charge is -2.19. The first kappa shape index (κ1) is 26.3. The van der Waals surface area contributed by atoms with Crippen molar-refractivity contribution in [2.24, 2.45) is 10.9 Å². The number of aromatic nitrogens is 4. The fraction of sp³-hybridized carbons (Fsp3) is 0.286. The number of nitrogens with one attached hydrogen (secondary N) is 2. The second-order valence-corrected chi connectivity index (χ2v) is 8.92. The minimum Gasteiger partial charge on any atom is -0.397 e. The van der Waals surface area contributed by atoms with Gasteiger partial charge in [-0.25, -0.2) is 14.8 Å². The second-order valence-electron chi connectivity index (χ2n) is 8.92. The summed E-state index contributed by atoms with van der Waals surface area (Å²) < 4.78 is 0. The highest BCUT2D eigenvalue weighted by molar-refractivity contribution is 5.98. The van der Waals surface area contributed by atoms with E-state index in [-0.39, 0.29) is 7.43 Å². The van der Waals surface area contributed by atoms with Crippen LogP contribution in [-0.4, -0.2) is 46.0 Å². The lowest BCUT2D eigenvalue weighted by molar-refractivity contribution is 0.213. The molecule has 2 aromatic carbocycles. The summed E-state index contributed by atoms with van der Waals surface area (Å²) in [6, 6.07) is 12.1. The molecule has 196 valence electrons. The number of nitrogens with zero attached hydrogens (tertiary/aromatic N) is 6. The maximum Gasteiger partial charge on any atom is 0.189 e. The number of amidine groups is 1. The lowest BCUT2D eigenvalue weighted by atomic mass is 10.1. The zero-order chi connectivity index (χ0) is 25.6. The standard InChI is InChI=1S/C14H17N5O.C13H12N4.CH4/c1-20-18-14(15)11-3-2-10-4-5-19(13(10)6-11)8-12-7-16-9-17-12;1-14-11-3-2-10-4-5-17(13(10)6-11)8-12-7-15-9-16-12;/h2-3,6-7,9H,4-5,8H2,1H3,(H2,15,18)(H,16,17);2-3,6-7,9H,4-5,8H2,(H,15,16);1H4. The van der Waals surface area contributed by atoms with E-state index in [1.807, 2.05) is 30.6 Å². The molecule has 6 rings (SSSR count). The Labute approximate surface area is 223 Å². The number of hydrogen-bond acceptors (Lipinski definition) is 6. The van der Waals surface area contributed by atoms with Gasteiger partial charge in [0.15, 0.2) is 11.5 Å². The summed E-state index contributed by atoms with van der Waals surface area (Å²) in [7, 11) is 1.49. The summed E-state index contributed by atoms with van der Waals surface area (Å²) in [4.78, 5) is 27.1. The molecular weight excluding hydrogens is 478 g/mol. The molecule has 10 nitrogen and oxygen atoms in total. The smallest absolute Gasteiger partial charge is 0.189 e. The van der Waals surface area contributed by atoms with Crippen LogP contribution in [0, 0.1) is 6.57 Å². The van der Waals surface area contributed by atoms with Crippen molar-refractivity contribution in [2.45, 2.75) is 33.4 Å². The predicted molar refractivity (Wildman–Crippen MR) is 150 cm³/mol. The minimum absolute atomic E-state index is 0. The summed E-state index contributed by atoms with van der Waals surface area (Å²) in [6.07, 6.45) is 9.19. The molecule has 2 aliphatic rings. The number of aromatic amines is 2. The highest BCUT2D eigenvalue weighted by Crippen LogP contribution is 2.33. The van der Waals surface area contributed by atoms with Crippen molar-refractivity contribution in [1.29, 1.82) is 0 Å². The van der Waals surface area contributed by atoms with Gasteiger partial charge in [0.1, 0.15) is 7.11 Å². The van der Waals surface area contributed by atoms with Crippen LogP contribution in [-0.2, 0) is 30.8 Å². The predicted octanol–water partition coefficient (Wildman–Crippen LogP) is 4.40. The van der Waals surface area contributed by atoms with E-state index < -0.39 is 0 Å². The van der Waals surface area contributed by atoms with Gasteiger partial charge in [0.2, 0.25) is 0 Å². The number of oxime groups is 1. The van der Waals surface area contributed by atoms with E-state index in [1.54, 1.807) is 12.7 Å². The number of imidazole rings is 2. The molecule has 0 bridgehead atoms. The Balaban J connectivity index is 0.000000174. The number of anilines is 2. The summed E-state index contributed by atoms with van der Waals surface area (Å²) in [5.41, 5.74) is 14.7. The molecule has 4 heterocycles. The van der Waals surface area contributed by atoms with Gasteiger partial charge >= 0.3 is 0 Å². The molecule has 0 unspecified atom stereocenters. The van der Waals surface area contributed by atoms with Gasteiger partial charge in [-0.15, -0.1) is 0 Å². The molecule has 4 N–H and O–H groups in total. The van der Waals surface area contributed by atoms with E-state index in [2.05, 4.69) is 57.9 Å². The Morgan fingerprint density at radius 3 is 2.08 bits per heavy atom. The van der Waals surface area contributed by atoms with Crippen molar-refractivity contribution in [3.05, 3.63) is 101 Å². The summed E-state index contributed by atoms with van der Waals surface area (Å²) >= 11 is 0. The third-order valence-corrected chi connectivity index (χ3v) is 6.58. The first-order valence-electron chi connectivity index (χ1n) is 12.1. The van der Waals surface area contributed by atoms with Crippen LogP contribution in [0.5, 0.6) is 0 Å². The maximum atomic E-state index is 7.06. The zero-order valence-electron chi connectivity index (χ0n) is 20.7. The number of fused-ring (bicyclic) bond motifs is 2. The average molecular weight is 512 g/mol. The Morgan fingerprint density at radius 2 is 1.55 bits per heavy atom. The van der Waals surface area contributed by atoms with Gasteiger partial charge in [-0.2, -0.15) is 0 Å². The largest absolute Gasteiger partial charge is 0.397 e. The second kappa shape index (κ2) is 12.0. The first-order chi connectivity index (χ1) is 18.1. The number of H-pyrrole nitrogens is 2. The number of nitrogens with two attached hydrogens (primary N) is 1. The number of benzene rings is 2. The lowest BCUT2D eigenvalue weighted by Crippen LogP contribution is -2.20. The molecule has 0 aliphatic carbocycles. The normalized spacial score (nSPS) is 13.6. The van der Waals surface area contributed by atoms with E-state index in [4.69, 9.17) is 17.1 Å². The van der Waals surface area contributed by atoms with Gasteiger partial charge < -0.3 is 30.3 Å². The van der Waals surface area contributed by atoms with Gasteiger partial charge in [0.25, 0.3) is 0 Å². The fourth-order valence-corrected chi connectivity index (χ4v) is 4.74. The van der Waals surface area contributed by atoms with Crippen molar-refractivity contribution in [1.82, 2.24) is 19.9 Å². The molecule has 0 radical (unpaired) electrons. The quantitative estimate of drug-likeness (QED) is 0.153. The van der Waals surface area contributed by atoms with Gasteiger partial charge in [-0.05, 0) is 36.1 Å². The van der Waals surface area contributed by atoms with Gasteiger partial charge in [-0.1, -0.05) is 36.8 Å². The summed E-state index contributed by atoms with van der Waals surface area (Å²) in [6.45, 7) is 10.7. The Kier molecular flexibility index (Phi) is 8.28. The minimum atomic E-state index is 0. The monoisotopic (exact) mass is 511 g/mol. The Bertz CT molecular complexity index is 1400. The molecule has 2 aromatic heterocycles. The van der Waals surface area contributed by atoms with Crippen LogP contribution >= 0.6 is 0 Å².